The van der Waals surface area contributed by atoms with E-state index in [4.69, 9.17) is 0 Å². The topological polar surface area (TPSA) is 20.3 Å². The number of benzene rings is 1. The zero-order valence-corrected chi connectivity index (χ0v) is 12.2. The van der Waals surface area contributed by atoms with E-state index < -0.39 is 0 Å². The van der Waals surface area contributed by atoms with Gasteiger partial charge in [-0.25, -0.2) is 0 Å². The van der Waals surface area contributed by atoms with E-state index >= 15 is 0 Å². The lowest BCUT2D eigenvalue weighted by molar-refractivity contribution is -0.120. The Morgan fingerprint density at radius 1 is 1.20 bits per heavy atom. The van der Waals surface area contributed by atoms with Crippen molar-refractivity contribution in [2.45, 2.75) is 51.2 Å². The Morgan fingerprint density at radius 2 is 1.85 bits per heavy atom. The van der Waals surface area contributed by atoms with Crippen molar-refractivity contribution in [1.82, 2.24) is 4.90 Å². The molecule has 20 heavy (non-hydrogen) atoms. The van der Waals surface area contributed by atoms with Crippen molar-refractivity contribution >= 4 is 5.78 Å². The highest BCUT2D eigenvalue weighted by Crippen LogP contribution is 2.39. The fraction of sp³-hybridized carbons (Fsp3) is 0.500. The van der Waals surface area contributed by atoms with Gasteiger partial charge in [0.05, 0.1) is 0 Å². The zero-order valence-electron chi connectivity index (χ0n) is 12.2. The fourth-order valence-electron chi connectivity index (χ4n) is 3.86. The van der Waals surface area contributed by atoms with Crippen LogP contribution in [0.15, 0.2) is 42.5 Å². The second kappa shape index (κ2) is 5.92. The molecule has 0 amide bonds. The Morgan fingerprint density at radius 3 is 2.45 bits per heavy atom. The lowest BCUT2D eigenvalue weighted by Gasteiger charge is -2.38. The molecule has 106 valence electrons. The molecule has 3 rings (SSSR count). The van der Waals surface area contributed by atoms with E-state index in [1.54, 1.807) is 6.08 Å². The van der Waals surface area contributed by atoms with Crippen LogP contribution in [0.3, 0.4) is 0 Å². The van der Waals surface area contributed by atoms with Gasteiger partial charge in [0.15, 0.2) is 5.78 Å². The number of carbonyl (C=O) groups is 1. The number of carbonyl (C=O) groups excluding carboxylic acids is 1. The summed E-state index contributed by atoms with van der Waals surface area (Å²) in [6, 6.07) is 11.9. The summed E-state index contributed by atoms with van der Waals surface area (Å²) in [4.78, 5) is 14.7. The summed E-state index contributed by atoms with van der Waals surface area (Å²) < 4.78 is 0. The zero-order chi connectivity index (χ0) is 13.9. The quantitative estimate of drug-likeness (QED) is 0.779. The molecule has 2 saturated heterocycles. The van der Waals surface area contributed by atoms with Gasteiger partial charge in [0.2, 0.25) is 0 Å². The molecule has 0 aromatic heterocycles. The summed E-state index contributed by atoms with van der Waals surface area (Å²) in [6.07, 6.45) is 8.25. The predicted octanol–water partition coefficient (Wildman–Crippen LogP) is 3.57. The standard InChI is InChI=1S/C18H23NO/c1-2-6-18(20)15-11-16-9-10-17(12-15)19(16)13-14-7-4-3-5-8-14/h2-8,15-17H,9-13H2,1H3/b6-2-. The maximum atomic E-state index is 12.1. The van der Waals surface area contributed by atoms with Crippen molar-refractivity contribution in [3.63, 3.8) is 0 Å². The Kier molecular flexibility index (Phi) is 4.02. The van der Waals surface area contributed by atoms with Crippen LogP contribution in [0.5, 0.6) is 0 Å². The first-order chi connectivity index (χ1) is 9.78. The molecule has 2 heteroatoms. The van der Waals surface area contributed by atoms with Crippen LogP contribution in [-0.4, -0.2) is 22.8 Å². The highest BCUT2D eigenvalue weighted by molar-refractivity contribution is 5.91. The molecule has 1 aromatic carbocycles. The Bertz CT molecular complexity index is 479. The molecule has 2 fully saturated rings. The number of nitrogens with zero attached hydrogens (tertiary/aromatic N) is 1. The number of hydrogen-bond donors (Lipinski definition) is 0. The van der Waals surface area contributed by atoms with Gasteiger partial charge in [-0.1, -0.05) is 36.4 Å². The first-order valence-corrected chi connectivity index (χ1v) is 7.74. The van der Waals surface area contributed by atoms with E-state index in [0.717, 1.165) is 19.4 Å². The molecule has 2 aliphatic heterocycles. The first kappa shape index (κ1) is 13.6. The second-order valence-electron chi connectivity index (χ2n) is 6.11. The smallest absolute Gasteiger partial charge is 0.158 e. The monoisotopic (exact) mass is 269 g/mol. The maximum Gasteiger partial charge on any atom is 0.158 e. The number of ketones is 1. The highest BCUT2D eigenvalue weighted by Gasteiger charge is 2.41. The summed E-state index contributed by atoms with van der Waals surface area (Å²) in [5.41, 5.74) is 1.39. The molecule has 2 bridgehead atoms. The normalized spacial score (nSPS) is 29.9. The third-order valence-electron chi connectivity index (χ3n) is 4.83. The lowest BCUT2D eigenvalue weighted by atomic mass is 9.87. The van der Waals surface area contributed by atoms with Gasteiger partial charge in [-0.05, 0) is 44.2 Å². The van der Waals surface area contributed by atoms with Crippen LogP contribution in [0.4, 0.5) is 0 Å². The van der Waals surface area contributed by atoms with Crippen molar-refractivity contribution in [1.29, 1.82) is 0 Å². The van der Waals surface area contributed by atoms with Crippen LogP contribution in [0.25, 0.3) is 0 Å². The SMILES string of the molecule is C/C=C\C(=O)C1CC2CCC(C1)N2Cc1ccccc1. The predicted molar refractivity (Wildman–Crippen MR) is 81.3 cm³/mol. The number of rotatable bonds is 4. The number of piperidine rings is 1. The van der Waals surface area contributed by atoms with E-state index in [1.165, 1.54) is 18.4 Å². The fourth-order valence-corrected chi connectivity index (χ4v) is 3.86. The van der Waals surface area contributed by atoms with Gasteiger partial charge in [-0.15, -0.1) is 0 Å². The van der Waals surface area contributed by atoms with Gasteiger partial charge in [0.1, 0.15) is 0 Å². The molecule has 2 atom stereocenters. The van der Waals surface area contributed by atoms with Gasteiger partial charge in [-0.2, -0.15) is 0 Å². The molecule has 0 saturated carbocycles. The molecule has 2 heterocycles. The summed E-state index contributed by atoms with van der Waals surface area (Å²) in [6.45, 7) is 2.97. The van der Waals surface area contributed by atoms with E-state index in [-0.39, 0.29) is 5.92 Å². The summed E-state index contributed by atoms with van der Waals surface area (Å²) in [7, 11) is 0. The molecule has 0 N–H and O–H groups in total. The minimum atomic E-state index is 0.260. The van der Waals surface area contributed by atoms with Crippen molar-refractivity contribution in [2.75, 3.05) is 0 Å². The van der Waals surface area contributed by atoms with E-state index in [2.05, 4.69) is 35.2 Å². The molecule has 2 nitrogen and oxygen atoms in total. The Balaban J connectivity index is 1.68. The van der Waals surface area contributed by atoms with Gasteiger partial charge >= 0.3 is 0 Å². The van der Waals surface area contributed by atoms with Gasteiger partial charge in [-0.3, -0.25) is 9.69 Å². The van der Waals surface area contributed by atoms with Crippen molar-refractivity contribution in [3.05, 3.63) is 48.0 Å². The van der Waals surface area contributed by atoms with Gasteiger partial charge < -0.3 is 0 Å². The van der Waals surface area contributed by atoms with Crippen molar-refractivity contribution < 1.29 is 4.79 Å². The molecular formula is C18H23NO. The largest absolute Gasteiger partial charge is 0.295 e. The minimum Gasteiger partial charge on any atom is -0.295 e. The van der Waals surface area contributed by atoms with E-state index in [1.807, 2.05) is 13.0 Å². The number of fused-ring (bicyclic) bond motifs is 2. The van der Waals surface area contributed by atoms with Crippen LogP contribution in [-0.2, 0) is 11.3 Å². The molecule has 0 aliphatic carbocycles. The molecule has 0 spiro atoms. The third kappa shape index (κ3) is 2.71. The second-order valence-corrected chi connectivity index (χ2v) is 6.11. The van der Waals surface area contributed by atoms with Gasteiger partial charge in [0, 0.05) is 24.5 Å². The molecular weight excluding hydrogens is 246 g/mol. The average molecular weight is 269 g/mol. The molecule has 2 unspecified atom stereocenters. The van der Waals surface area contributed by atoms with Crippen LogP contribution >= 0.6 is 0 Å². The number of hydrogen-bond acceptors (Lipinski definition) is 2. The Hall–Kier alpha value is -1.41. The van der Waals surface area contributed by atoms with E-state index in [9.17, 15) is 4.79 Å². The lowest BCUT2D eigenvalue weighted by Crippen LogP contribution is -2.43. The molecule has 2 aliphatic rings. The minimum absolute atomic E-state index is 0.260. The van der Waals surface area contributed by atoms with Crippen LogP contribution < -0.4 is 0 Å². The summed E-state index contributed by atoms with van der Waals surface area (Å²) >= 11 is 0. The van der Waals surface area contributed by atoms with Crippen molar-refractivity contribution in [3.8, 4) is 0 Å². The van der Waals surface area contributed by atoms with Crippen LogP contribution in [0.1, 0.15) is 38.2 Å². The average Bonchev–Trinajstić information content (AvgIpc) is 2.71. The molecule has 0 radical (unpaired) electrons. The van der Waals surface area contributed by atoms with Crippen molar-refractivity contribution in [2.24, 2.45) is 5.92 Å². The van der Waals surface area contributed by atoms with Gasteiger partial charge in [0.25, 0.3) is 0 Å². The highest BCUT2D eigenvalue weighted by atomic mass is 16.1. The van der Waals surface area contributed by atoms with Crippen LogP contribution in [0.2, 0.25) is 0 Å². The maximum absolute atomic E-state index is 12.1. The summed E-state index contributed by atoms with van der Waals surface area (Å²) in [5, 5.41) is 0. The third-order valence-corrected chi connectivity index (χ3v) is 4.83. The van der Waals surface area contributed by atoms with Crippen LogP contribution in [0, 0.1) is 5.92 Å². The van der Waals surface area contributed by atoms with E-state index in [0.29, 0.717) is 17.9 Å². The Labute approximate surface area is 121 Å². The number of allylic oxidation sites excluding steroid dienone is 2. The first-order valence-electron chi connectivity index (χ1n) is 7.74. The summed E-state index contributed by atoms with van der Waals surface area (Å²) in [5.74, 6) is 0.597. The molecule has 1 aromatic rings.